The van der Waals surface area contributed by atoms with Crippen LogP contribution in [0.1, 0.15) is 25.0 Å². The number of carbonyl (C=O) groups excluding carboxylic acids is 2. The van der Waals surface area contributed by atoms with Gasteiger partial charge in [-0.2, -0.15) is 0 Å². The third-order valence-electron chi connectivity index (χ3n) is 6.00. The van der Waals surface area contributed by atoms with Gasteiger partial charge >= 0.3 is 0 Å². The highest BCUT2D eigenvalue weighted by atomic mass is 35.5. The third kappa shape index (κ3) is 6.85. The van der Waals surface area contributed by atoms with Crippen LogP contribution in [-0.2, 0) is 26.2 Å². The van der Waals surface area contributed by atoms with Crippen molar-refractivity contribution in [1.82, 2.24) is 10.2 Å². The summed E-state index contributed by atoms with van der Waals surface area (Å²) in [5.41, 5.74) is 1.80. The molecule has 1 atom stereocenters. The standard InChI is InChI=1S/C28H32ClN3O5S/c1-5-30-28(34)21(3)31(18-22-9-8-10-23(29)17-22)27(33)19-32(25-11-6-7-12-26(25)37-4)38(35,36)24-15-13-20(2)14-16-24/h6-17,21H,5,18-19H2,1-4H3,(H,30,34)/t21-/m1/s1. The lowest BCUT2D eigenvalue weighted by atomic mass is 10.1. The van der Waals surface area contributed by atoms with Crippen LogP contribution in [0.5, 0.6) is 5.75 Å². The first-order chi connectivity index (χ1) is 18.1. The van der Waals surface area contributed by atoms with E-state index in [1.807, 2.05) is 6.92 Å². The van der Waals surface area contributed by atoms with Crippen LogP contribution in [0.4, 0.5) is 5.69 Å². The molecule has 0 saturated heterocycles. The second-order valence-corrected chi connectivity index (χ2v) is 11.0. The molecule has 0 radical (unpaired) electrons. The zero-order valence-electron chi connectivity index (χ0n) is 21.8. The molecular weight excluding hydrogens is 526 g/mol. The van der Waals surface area contributed by atoms with Crippen LogP contribution in [0, 0.1) is 6.92 Å². The van der Waals surface area contributed by atoms with Crippen molar-refractivity contribution in [2.24, 2.45) is 0 Å². The lowest BCUT2D eigenvalue weighted by Crippen LogP contribution is -2.51. The number of methoxy groups -OCH3 is 1. The molecule has 2 amide bonds. The Bertz CT molecular complexity index is 1380. The van der Waals surface area contributed by atoms with Gasteiger partial charge in [0.2, 0.25) is 11.8 Å². The molecular formula is C28H32ClN3O5S. The summed E-state index contributed by atoms with van der Waals surface area (Å²) >= 11 is 6.15. The van der Waals surface area contributed by atoms with Crippen LogP contribution in [0.2, 0.25) is 5.02 Å². The van der Waals surface area contributed by atoms with Crippen LogP contribution < -0.4 is 14.4 Å². The number of likely N-dealkylation sites (N-methyl/N-ethyl adjacent to an activating group) is 1. The first-order valence-electron chi connectivity index (χ1n) is 12.1. The number of halogens is 1. The topological polar surface area (TPSA) is 96.0 Å². The molecule has 0 unspecified atom stereocenters. The first-order valence-corrected chi connectivity index (χ1v) is 13.9. The second kappa shape index (κ2) is 12.8. The Kier molecular flexibility index (Phi) is 9.77. The fourth-order valence-electron chi connectivity index (χ4n) is 3.92. The van der Waals surface area contributed by atoms with E-state index in [1.165, 1.54) is 24.1 Å². The largest absolute Gasteiger partial charge is 0.495 e. The van der Waals surface area contributed by atoms with E-state index in [0.29, 0.717) is 17.1 Å². The molecule has 202 valence electrons. The molecule has 0 aliphatic rings. The molecule has 0 saturated carbocycles. The van der Waals surface area contributed by atoms with Gasteiger partial charge in [0.1, 0.15) is 18.3 Å². The normalized spacial score (nSPS) is 11.9. The Hall–Kier alpha value is -3.56. The summed E-state index contributed by atoms with van der Waals surface area (Å²) in [5.74, 6) is -0.632. The molecule has 0 spiro atoms. The van der Waals surface area contributed by atoms with E-state index in [9.17, 15) is 18.0 Å². The zero-order valence-corrected chi connectivity index (χ0v) is 23.4. The van der Waals surface area contributed by atoms with Crippen LogP contribution in [0.3, 0.4) is 0 Å². The molecule has 1 N–H and O–H groups in total. The Morgan fingerprint density at radius 1 is 1.03 bits per heavy atom. The summed E-state index contributed by atoms with van der Waals surface area (Å²) in [7, 11) is -2.75. The van der Waals surface area contributed by atoms with E-state index in [4.69, 9.17) is 16.3 Å². The molecule has 3 aromatic rings. The number of carbonyl (C=O) groups is 2. The highest BCUT2D eigenvalue weighted by Gasteiger charge is 2.33. The molecule has 8 nitrogen and oxygen atoms in total. The number of amides is 2. The lowest BCUT2D eigenvalue weighted by Gasteiger charge is -2.32. The van der Waals surface area contributed by atoms with Crippen molar-refractivity contribution in [1.29, 1.82) is 0 Å². The number of ether oxygens (including phenoxy) is 1. The van der Waals surface area contributed by atoms with Crippen molar-refractivity contribution in [3.8, 4) is 5.75 Å². The molecule has 0 heterocycles. The van der Waals surface area contributed by atoms with Crippen molar-refractivity contribution in [2.75, 3.05) is 24.5 Å². The van der Waals surface area contributed by atoms with Gasteiger partial charge < -0.3 is 15.0 Å². The predicted octanol–water partition coefficient (Wildman–Crippen LogP) is 4.41. The molecule has 0 aromatic heterocycles. The molecule has 0 aliphatic heterocycles. The van der Waals surface area contributed by atoms with Gasteiger partial charge in [-0.1, -0.05) is 53.6 Å². The number of rotatable bonds is 11. The van der Waals surface area contributed by atoms with Gasteiger partial charge in [-0.15, -0.1) is 0 Å². The fraction of sp³-hybridized carbons (Fsp3) is 0.286. The molecule has 10 heteroatoms. The number of aryl methyl sites for hydroxylation is 1. The average molecular weight is 558 g/mol. The highest BCUT2D eigenvalue weighted by molar-refractivity contribution is 7.92. The van der Waals surface area contributed by atoms with E-state index >= 15 is 0 Å². The van der Waals surface area contributed by atoms with Crippen molar-refractivity contribution in [2.45, 2.75) is 38.3 Å². The maximum atomic E-state index is 13.9. The Morgan fingerprint density at radius 3 is 2.34 bits per heavy atom. The minimum atomic E-state index is -4.18. The van der Waals surface area contributed by atoms with E-state index < -0.39 is 28.5 Å². The molecule has 38 heavy (non-hydrogen) atoms. The van der Waals surface area contributed by atoms with Crippen LogP contribution in [0.15, 0.2) is 77.7 Å². The fourth-order valence-corrected chi connectivity index (χ4v) is 5.56. The van der Waals surface area contributed by atoms with Gasteiger partial charge in [0, 0.05) is 18.1 Å². The number of benzene rings is 3. The number of nitrogens with one attached hydrogen (secondary N) is 1. The SMILES string of the molecule is CCNC(=O)[C@@H](C)N(Cc1cccc(Cl)c1)C(=O)CN(c1ccccc1OC)S(=O)(=O)c1ccc(C)cc1. The lowest BCUT2D eigenvalue weighted by molar-refractivity contribution is -0.139. The van der Waals surface area contributed by atoms with Crippen molar-refractivity contribution >= 4 is 39.1 Å². The smallest absolute Gasteiger partial charge is 0.264 e. The minimum absolute atomic E-state index is 0.0278. The Morgan fingerprint density at radius 2 is 1.71 bits per heavy atom. The summed E-state index contributed by atoms with van der Waals surface area (Å²) in [6, 6.07) is 19.0. The Labute approximate surface area is 229 Å². The van der Waals surface area contributed by atoms with E-state index in [1.54, 1.807) is 74.5 Å². The quantitative estimate of drug-likeness (QED) is 0.377. The van der Waals surface area contributed by atoms with Crippen molar-refractivity contribution in [3.63, 3.8) is 0 Å². The molecule has 3 rings (SSSR count). The monoisotopic (exact) mass is 557 g/mol. The van der Waals surface area contributed by atoms with E-state index in [2.05, 4.69) is 5.32 Å². The minimum Gasteiger partial charge on any atom is -0.495 e. The number of hydrogen-bond donors (Lipinski definition) is 1. The molecule has 0 fully saturated rings. The van der Waals surface area contributed by atoms with Gasteiger partial charge in [0.25, 0.3) is 10.0 Å². The average Bonchev–Trinajstić information content (AvgIpc) is 2.90. The van der Waals surface area contributed by atoms with Crippen LogP contribution in [0.25, 0.3) is 0 Å². The van der Waals surface area contributed by atoms with Crippen LogP contribution in [-0.4, -0.2) is 51.4 Å². The molecule has 0 bridgehead atoms. The summed E-state index contributed by atoms with van der Waals surface area (Å²) < 4.78 is 34.2. The summed E-state index contributed by atoms with van der Waals surface area (Å²) in [6.45, 7) is 5.13. The van der Waals surface area contributed by atoms with Gasteiger partial charge in [0.15, 0.2) is 0 Å². The summed E-state index contributed by atoms with van der Waals surface area (Å²) in [4.78, 5) is 28.0. The number of nitrogens with zero attached hydrogens (tertiary/aromatic N) is 2. The third-order valence-corrected chi connectivity index (χ3v) is 8.01. The van der Waals surface area contributed by atoms with Gasteiger partial charge in [0.05, 0.1) is 17.7 Å². The Balaban J connectivity index is 2.07. The summed E-state index contributed by atoms with van der Waals surface area (Å²) in [5, 5.41) is 3.22. The maximum absolute atomic E-state index is 13.9. The van der Waals surface area contributed by atoms with E-state index in [0.717, 1.165) is 9.87 Å². The van der Waals surface area contributed by atoms with Gasteiger partial charge in [-0.05, 0) is 62.7 Å². The molecule has 3 aromatic carbocycles. The first kappa shape index (κ1) is 29.0. The highest BCUT2D eigenvalue weighted by Crippen LogP contribution is 2.32. The number of hydrogen-bond acceptors (Lipinski definition) is 5. The summed E-state index contributed by atoms with van der Waals surface area (Å²) in [6.07, 6.45) is 0. The second-order valence-electron chi connectivity index (χ2n) is 8.72. The zero-order chi connectivity index (χ0) is 27.9. The molecule has 0 aliphatic carbocycles. The number of anilines is 1. The van der Waals surface area contributed by atoms with Gasteiger partial charge in [-0.25, -0.2) is 8.42 Å². The maximum Gasteiger partial charge on any atom is 0.264 e. The van der Waals surface area contributed by atoms with Crippen molar-refractivity contribution in [3.05, 3.63) is 88.9 Å². The number of para-hydroxylation sites is 2. The van der Waals surface area contributed by atoms with Crippen molar-refractivity contribution < 1.29 is 22.7 Å². The number of sulfonamides is 1. The predicted molar refractivity (Wildman–Crippen MR) is 149 cm³/mol. The van der Waals surface area contributed by atoms with E-state index in [-0.39, 0.29) is 28.8 Å². The van der Waals surface area contributed by atoms with Crippen LogP contribution >= 0.6 is 11.6 Å². The van der Waals surface area contributed by atoms with Gasteiger partial charge in [-0.3, -0.25) is 13.9 Å².